The van der Waals surface area contributed by atoms with E-state index in [0.29, 0.717) is 5.92 Å². The third-order valence-electron chi connectivity index (χ3n) is 3.56. The molecule has 0 aromatic rings. The molecule has 1 aliphatic rings. The first kappa shape index (κ1) is 16.5. The van der Waals surface area contributed by atoms with Gasteiger partial charge in [0.05, 0.1) is 6.42 Å². The lowest BCUT2D eigenvalue weighted by atomic mass is 9.85. The zero-order chi connectivity index (χ0) is 15.6. The van der Waals surface area contributed by atoms with Crippen molar-refractivity contribution in [1.82, 2.24) is 10.6 Å². The van der Waals surface area contributed by atoms with Crippen molar-refractivity contribution >= 4 is 17.9 Å². The Bertz CT molecular complexity index is 411. The van der Waals surface area contributed by atoms with Crippen LogP contribution in [0.15, 0.2) is 0 Å². The van der Waals surface area contributed by atoms with Crippen LogP contribution in [0.5, 0.6) is 0 Å². The Labute approximate surface area is 119 Å². The number of hydrogen-bond acceptors (Lipinski definition) is 3. The van der Waals surface area contributed by atoms with E-state index in [0.717, 1.165) is 12.8 Å². The fourth-order valence-electron chi connectivity index (χ4n) is 2.31. The quantitative estimate of drug-likeness (QED) is 0.694. The van der Waals surface area contributed by atoms with Gasteiger partial charge in [-0.15, -0.1) is 0 Å². The van der Waals surface area contributed by atoms with Gasteiger partial charge in [-0.25, -0.2) is 4.79 Å². The zero-order valence-corrected chi connectivity index (χ0v) is 12.6. The van der Waals surface area contributed by atoms with E-state index in [9.17, 15) is 14.4 Å². The van der Waals surface area contributed by atoms with E-state index in [-0.39, 0.29) is 18.4 Å². The lowest BCUT2D eigenvalue weighted by Crippen LogP contribution is -2.51. The molecule has 0 bridgehead atoms. The molecule has 0 atom stereocenters. The molecule has 1 fully saturated rings. The predicted octanol–water partition coefficient (Wildman–Crippen LogP) is 1.89. The number of amides is 3. The molecule has 0 heterocycles. The van der Waals surface area contributed by atoms with Crippen LogP contribution in [0.1, 0.15) is 53.4 Å². The summed E-state index contributed by atoms with van der Waals surface area (Å²) in [5.74, 6) is -0.950. The average molecular weight is 284 g/mol. The minimum atomic E-state index is -0.956. The van der Waals surface area contributed by atoms with Crippen LogP contribution < -0.4 is 10.6 Å². The second-order valence-electron chi connectivity index (χ2n) is 6.91. The molecule has 0 aliphatic heterocycles. The average Bonchev–Trinajstić information content (AvgIpc) is 2.93. The number of carboxylic acid groups (broad SMARTS) is 1. The fraction of sp³-hybridized carbons (Fsp3) is 0.786. The number of hydrogen-bond donors (Lipinski definition) is 3. The van der Waals surface area contributed by atoms with Gasteiger partial charge in [0.25, 0.3) is 0 Å². The first-order valence-electron chi connectivity index (χ1n) is 6.86. The summed E-state index contributed by atoms with van der Waals surface area (Å²) in [6, 6.07) is -0.516. The first-order chi connectivity index (χ1) is 9.02. The van der Waals surface area contributed by atoms with E-state index in [2.05, 4.69) is 10.6 Å². The molecule has 1 aliphatic carbocycles. The van der Waals surface area contributed by atoms with Crippen LogP contribution in [0, 0.1) is 11.3 Å². The Balaban J connectivity index is 2.41. The molecule has 0 aromatic heterocycles. The highest BCUT2D eigenvalue weighted by atomic mass is 16.4. The lowest BCUT2D eigenvalue weighted by molar-refractivity contribution is -0.139. The molecule has 3 N–H and O–H groups in total. The molecule has 6 heteroatoms. The van der Waals surface area contributed by atoms with Gasteiger partial charge in [-0.1, -0.05) is 13.8 Å². The topological polar surface area (TPSA) is 95.5 Å². The minimum Gasteiger partial charge on any atom is -0.481 e. The maximum Gasteiger partial charge on any atom is 0.321 e. The van der Waals surface area contributed by atoms with Crippen LogP contribution in [0.2, 0.25) is 0 Å². The standard InChI is InChI=1S/C14H24N2O4/c1-13(2,8-11(18)19)7-10(17)15-12(20)16-14(3,4)9-5-6-9/h9H,5-8H2,1-4H3,(H,18,19)(H2,15,16,17,20). The number of carbonyl (C=O) groups is 3. The molecule has 1 rings (SSSR count). The van der Waals surface area contributed by atoms with Crippen LogP contribution in [-0.4, -0.2) is 28.6 Å². The molecule has 114 valence electrons. The van der Waals surface area contributed by atoms with E-state index < -0.39 is 23.3 Å². The third-order valence-corrected chi connectivity index (χ3v) is 3.56. The molecule has 0 aromatic carbocycles. The molecular formula is C14H24N2O4. The smallest absolute Gasteiger partial charge is 0.321 e. The van der Waals surface area contributed by atoms with Crippen LogP contribution in [-0.2, 0) is 9.59 Å². The number of carbonyl (C=O) groups excluding carboxylic acids is 2. The van der Waals surface area contributed by atoms with E-state index in [4.69, 9.17) is 5.11 Å². The van der Waals surface area contributed by atoms with Gasteiger partial charge >= 0.3 is 12.0 Å². The predicted molar refractivity (Wildman–Crippen MR) is 74.1 cm³/mol. The highest BCUT2D eigenvalue weighted by Gasteiger charge is 2.39. The van der Waals surface area contributed by atoms with Crippen molar-refractivity contribution in [2.75, 3.05) is 0 Å². The van der Waals surface area contributed by atoms with Crippen molar-refractivity contribution in [3.05, 3.63) is 0 Å². The van der Waals surface area contributed by atoms with Gasteiger partial charge in [-0.05, 0) is 38.0 Å². The summed E-state index contributed by atoms with van der Waals surface area (Å²) in [6.45, 7) is 7.24. The Hall–Kier alpha value is -1.59. The Kier molecular flexibility index (Phi) is 4.78. The fourth-order valence-corrected chi connectivity index (χ4v) is 2.31. The maximum absolute atomic E-state index is 11.8. The SMILES string of the molecule is CC(C)(CC(=O)O)CC(=O)NC(=O)NC(C)(C)C1CC1. The number of imide groups is 1. The largest absolute Gasteiger partial charge is 0.481 e. The van der Waals surface area contributed by atoms with Crippen molar-refractivity contribution in [2.45, 2.75) is 58.9 Å². The highest BCUT2D eigenvalue weighted by Crippen LogP contribution is 2.39. The summed E-state index contributed by atoms with van der Waals surface area (Å²) < 4.78 is 0. The molecule has 20 heavy (non-hydrogen) atoms. The Morgan fingerprint density at radius 2 is 1.65 bits per heavy atom. The number of urea groups is 1. The maximum atomic E-state index is 11.8. The monoisotopic (exact) mass is 284 g/mol. The number of rotatable bonds is 6. The number of carboxylic acids is 1. The van der Waals surface area contributed by atoms with Crippen molar-refractivity contribution < 1.29 is 19.5 Å². The van der Waals surface area contributed by atoms with Crippen LogP contribution in [0.4, 0.5) is 4.79 Å². The van der Waals surface area contributed by atoms with Crippen molar-refractivity contribution in [3.8, 4) is 0 Å². The molecule has 0 unspecified atom stereocenters. The first-order valence-corrected chi connectivity index (χ1v) is 6.86. The number of aliphatic carboxylic acids is 1. The molecule has 1 saturated carbocycles. The third kappa shape index (κ3) is 5.59. The van der Waals surface area contributed by atoms with Gasteiger partial charge in [0, 0.05) is 12.0 Å². The summed E-state index contributed by atoms with van der Waals surface area (Å²) >= 11 is 0. The molecule has 6 nitrogen and oxygen atoms in total. The summed E-state index contributed by atoms with van der Waals surface area (Å²) in [5, 5.41) is 13.8. The van der Waals surface area contributed by atoms with Crippen molar-refractivity contribution in [1.29, 1.82) is 0 Å². The summed E-state index contributed by atoms with van der Waals surface area (Å²) in [5.41, 5.74) is -0.997. The zero-order valence-electron chi connectivity index (χ0n) is 12.6. The lowest BCUT2D eigenvalue weighted by Gasteiger charge is -2.26. The van der Waals surface area contributed by atoms with Gasteiger partial charge in [-0.2, -0.15) is 0 Å². The van der Waals surface area contributed by atoms with Crippen LogP contribution in [0.3, 0.4) is 0 Å². The normalized spacial score (nSPS) is 15.6. The molecule has 0 spiro atoms. The van der Waals surface area contributed by atoms with E-state index >= 15 is 0 Å². The van der Waals surface area contributed by atoms with Gasteiger partial charge in [-0.3, -0.25) is 14.9 Å². The summed E-state index contributed by atoms with van der Waals surface area (Å²) in [6.07, 6.45) is 2.06. The van der Waals surface area contributed by atoms with Crippen molar-refractivity contribution in [2.24, 2.45) is 11.3 Å². The van der Waals surface area contributed by atoms with Crippen molar-refractivity contribution in [3.63, 3.8) is 0 Å². The van der Waals surface area contributed by atoms with Gasteiger partial charge < -0.3 is 10.4 Å². The second kappa shape index (κ2) is 5.81. The van der Waals surface area contributed by atoms with Crippen LogP contribution >= 0.6 is 0 Å². The second-order valence-corrected chi connectivity index (χ2v) is 6.91. The summed E-state index contributed by atoms with van der Waals surface area (Å²) in [4.78, 5) is 34.2. The Morgan fingerprint density at radius 3 is 2.10 bits per heavy atom. The molecule has 0 radical (unpaired) electrons. The summed E-state index contributed by atoms with van der Waals surface area (Å²) in [7, 11) is 0. The minimum absolute atomic E-state index is 0.00340. The van der Waals surface area contributed by atoms with Gasteiger partial charge in [0.15, 0.2) is 0 Å². The molecule has 3 amide bonds. The molecular weight excluding hydrogens is 260 g/mol. The van der Waals surface area contributed by atoms with E-state index in [1.165, 1.54) is 0 Å². The highest BCUT2D eigenvalue weighted by molar-refractivity contribution is 5.95. The van der Waals surface area contributed by atoms with E-state index in [1.807, 2.05) is 13.8 Å². The van der Waals surface area contributed by atoms with Gasteiger partial charge in [0.2, 0.25) is 5.91 Å². The Morgan fingerprint density at radius 1 is 1.10 bits per heavy atom. The molecule has 0 saturated heterocycles. The van der Waals surface area contributed by atoms with Crippen LogP contribution in [0.25, 0.3) is 0 Å². The van der Waals surface area contributed by atoms with Gasteiger partial charge in [0.1, 0.15) is 0 Å². The number of nitrogens with one attached hydrogen (secondary N) is 2. The van der Waals surface area contributed by atoms with E-state index in [1.54, 1.807) is 13.8 Å².